The van der Waals surface area contributed by atoms with Crippen molar-refractivity contribution in [2.45, 2.75) is 13.8 Å². The van der Waals surface area contributed by atoms with E-state index in [2.05, 4.69) is 45.1 Å². The van der Waals surface area contributed by atoms with Gasteiger partial charge in [-0.1, -0.05) is 42.5 Å². The number of rotatable bonds is 4. The fraction of sp³-hybridized carbons (Fsp3) is 0.0870. The topological polar surface area (TPSA) is 79.7 Å². The molecule has 1 N–H and O–H groups in total. The van der Waals surface area contributed by atoms with Gasteiger partial charge >= 0.3 is 0 Å². The zero-order valence-corrected chi connectivity index (χ0v) is 18.9. The molecular formula is C23H18N6OS2. The van der Waals surface area contributed by atoms with Crippen molar-refractivity contribution in [2.75, 3.05) is 4.90 Å². The van der Waals surface area contributed by atoms with Gasteiger partial charge in [0.05, 0.1) is 10.6 Å². The van der Waals surface area contributed by atoms with Gasteiger partial charge in [-0.25, -0.2) is 0 Å². The Morgan fingerprint density at radius 1 is 1.03 bits per heavy atom. The number of anilines is 1. The monoisotopic (exact) mass is 458 g/mol. The largest absolute Gasteiger partial charge is 0.318 e. The van der Waals surface area contributed by atoms with Crippen LogP contribution in [0.2, 0.25) is 0 Å². The Balaban J connectivity index is 1.50. The third kappa shape index (κ3) is 3.55. The lowest BCUT2D eigenvalue weighted by atomic mass is 10.2. The summed E-state index contributed by atoms with van der Waals surface area (Å²) in [6, 6.07) is 19.6. The summed E-state index contributed by atoms with van der Waals surface area (Å²) < 4.78 is 2.16. The molecule has 32 heavy (non-hydrogen) atoms. The van der Waals surface area contributed by atoms with Gasteiger partial charge in [-0.2, -0.15) is 5.21 Å². The van der Waals surface area contributed by atoms with Crippen molar-refractivity contribution < 1.29 is 4.79 Å². The molecule has 2 aromatic carbocycles. The Morgan fingerprint density at radius 3 is 2.56 bits per heavy atom. The SMILES string of the molecule is Cc1cc(/C=C2\SC(=O)N(c3ccccc3)C2=S)c(C)n1-c1cccc(-c2nn[nH]n2)c1. The van der Waals surface area contributed by atoms with Gasteiger partial charge < -0.3 is 4.57 Å². The Bertz CT molecular complexity index is 1360. The molecule has 1 aliphatic heterocycles. The van der Waals surface area contributed by atoms with E-state index in [0.717, 1.165) is 50.6 Å². The van der Waals surface area contributed by atoms with Crippen molar-refractivity contribution in [3.05, 3.63) is 82.5 Å². The van der Waals surface area contributed by atoms with Crippen molar-refractivity contribution in [1.29, 1.82) is 0 Å². The van der Waals surface area contributed by atoms with Gasteiger partial charge in [0.15, 0.2) is 0 Å². The number of hydrogen-bond acceptors (Lipinski definition) is 6. The number of aryl methyl sites for hydroxylation is 1. The highest BCUT2D eigenvalue weighted by Gasteiger charge is 2.33. The standard InChI is InChI=1S/C23H18N6OS2/c1-14-11-17(13-20-22(31)29(23(30)32-20)18-8-4-3-5-9-18)15(2)28(14)19-10-6-7-16(12-19)21-24-26-27-25-21/h3-13H,1-2H3,(H,24,25,26,27)/b20-13-. The first-order valence-electron chi connectivity index (χ1n) is 9.89. The summed E-state index contributed by atoms with van der Waals surface area (Å²) in [4.78, 5) is 15.5. The number of benzene rings is 2. The number of carbonyl (C=O) groups excluding carboxylic acids is 1. The van der Waals surface area contributed by atoms with E-state index < -0.39 is 0 Å². The summed E-state index contributed by atoms with van der Waals surface area (Å²) in [6.45, 7) is 4.11. The highest BCUT2D eigenvalue weighted by molar-refractivity contribution is 8.20. The van der Waals surface area contributed by atoms with E-state index in [1.807, 2.05) is 60.7 Å². The van der Waals surface area contributed by atoms with Crippen LogP contribution in [0.4, 0.5) is 10.5 Å². The number of tetrazole rings is 1. The minimum atomic E-state index is -0.0888. The van der Waals surface area contributed by atoms with E-state index in [1.165, 1.54) is 0 Å². The fourth-order valence-corrected chi connectivity index (χ4v) is 5.08. The summed E-state index contributed by atoms with van der Waals surface area (Å²) >= 11 is 6.81. The molecule has 5 rings (SSSR count). The zero-order valence-electron chi connectivity index (χ0n) is 17.3. The summed E-state index contributed by atoms with van der Waals surface area (Å²) in [7, 11) is 0. The molecule has 2 aromatic heterocycles. The number of para-hydroxylation sites is 1. The number of H-pyrrole nitrogens is 1. The predicted octanol–water partition coefficient (Wildman–Crippen LogP) is 5.32. The van der Waals surface area contributed by atoms with Crippen LogP contribution in [0.15, 0.2) is 65.6 Å². The molecule has 7 nitrogen and oxygen atoms in total. The Hall–Kier alpha value is -3.56. The van der Waals surface area contributed by atoms with Crippen LogP contribution in [0, 0.1) is 13.8 Å². The number of amides is 1. The first-order valence-corrected chi connectivity index (χ1v) is 11.1. The van der Waals surface area contributed by atoms with Crippen LogP contribution < -0.4 is 4.90 Å². The van der Waals surface area contributed by atoms with Gasteiger partial charge in [-0.05, 0) is 72.8 Å². The van der Waals surface area contributed by atoms with Crippen LogP contribution in [0.3, 0.4) is 0 Å². The van der Waals surface area contributed by atoms with E-state index >= 15 is 0 Å². The third-order valence-corrected chi connectivity index (χ3v) is 6.69. The molecule has 9 heteroatoms. The summed E-state index contributed by atoms with van der Waals surface area (Å²) in [6.07, 6.45) is 2.00. The maximum Gasteiger partial charge on any atom is 0.296 e. The number of hydrogen-bond donors (Lipinski definition) is 1. The lowest BCUT2D eigenvalue weighted by Gasteiger charge is -2.14. The predicted molar refractivity (Wildman–Crippen MR) is 131 cm³/mol. The zero-order chi connectivity index (χ0) is 22.2. The number of nitrogens with one attached hydrogen (secondary N) is 1. The van der Waals surface area contributed by atoms with Crippen LogP contribution >= 0.6 is 24.0 Å². The molecule has 1 aliphatic rings. The minimum Gasteiger partial charge on any atom is -0.318 e. The summed E-state index contributed by atoms with van der Waals surface area (Å²) in [5, 5.41) is 14.2. The molecular weight excluding hydrogens is 440 g/mol. The fourth-order valence-electron chi connectivity index (χ4n) is 3.81. The summed E-state index contributed by atoms with van der Waals surface area (Å²) in [5.41, 5.74) is 5.78. The highest BCUT2D eigenvalue weighted by atomic mass is 32.2. The molecule has 1 saturated heterocycles. The van der Waals surface area contributed by atoms with Crippen molar-refractivity contribution >= 4 is 46.0 Å². The molecule has 0 spiro atoms. The Morgan fingerprint density at radius 2 is 1.81 bits per heavy atom. The second kappa shape index (κ2) is 8.18. The second-order valence-electron chi connectivity index (χ2n) is 7.30. The van der Waals surface area contributed by atoms with E-state index in [-0.39, 0.29) is 5.24 Å². The van der Waals surface area contributed by atoms with Crippen LogP contribution in [0.1, 0.15) is 17.0 Å². The first kappa shape index (κ1) is 20.3. The van der Waals surface area contributed by atoms with E-state index in [1.54, 1.807) is 4.90 Å². The molecule has 0 atom stereocenters. The normalized spacial score (nSPS) is 15.2. The average molecular weight is 459 g/mol. The maximum atomic E-state index is 12.7. The smallest absolute Gasteiger partial charge is 0.296 e. The van der Waals surface area contributed by atoms with Crippen molar-refractivity contribution in [3.63, 3.8) is 0 Å². The van der Waals surface area contributed by atoms with Gasteiger partial charge in [-0.15, -0.1) is 10.2 Å². The number of aromatic nitrogens is 5. The molecule has 0 radical (unpaired) electrons. The third-order valence-electron chi connectivity index (χ3n) is 5.27. The maximum absolute atomic E-state index is 12.7. The first-order chi connectivity index (χ1) is 15.5. The molecule has 3 heterocycles. The van der Waals surface area contributed by atoms with Crippen molar-refractivity contribution in [1.82, 2.24) is 25.2 Å². The second-order valence-corrected chi connectivity index (χ2v) is 8.68. The molecule has 4 aromatic rings. The van der Waals surface area contributed by atoms with E-state index in [0.29, 0.717) is 10.8 Å². The lowest BCUT2D eigenvalue weighted by Crippen LogP contribution is -2.26. The minimum absolute atomic E-state index is 0.0888. The molecule has 158 valence electrons. The molecule has 0 bridgehead atoms. The highest BCUT2D eigenvalue weighted by Crippen LogP contribution is 2.37. The van der Waals surface area contributed by atoms with E-state index in [9.17, 15) is 4.79 Å². The number of nitrogens with zero attached hydrogens (tertiary/aromatic N) is 5. The summed E-state index contributed by atoms with van der Waals surface area (Å²) in [5.74, 6) is 0.545. The van der Waals surface area contributed by atoms with Crippen LogP contribution in [0.5, 0.6) is 0 Å². The van der Waals surface area contributed by atoms with Gasteiger partial charge in [0, 0.05) is 22.6 Å². The van der Waals surface area contributed by atoms with Crippen LogP contribution in [-0.2, 0) is 0 Å². The molecule has 1 amide bonds. The Kier molecular flexibility index (Phi) is 5.20. The quantitative estimate of drug-likeness (QED) is 0.330. The number of thioether (sulfide) groups is 1. The van der Waals surface area contributed by atoms with Crippen molar-refractivity contribution in [2.24, 2.45) is 0 Å². The van der Waals surface area contributed by atoms with E-state index in [4.69, 9.17) is 12.2 Å². The van der Waals surface area contributed by atoms with Gasteiger partial charge in [-0.3, -0.25) is 9.69 Å². The number of carbonyl (C=O) groups is 1. The van der Waals surface area contributed by atoms with Crippen LogP contribution in [0.25, 0.3) is 23.2 Å². The van der Waals surface area contributed by atoms with Crippen LogP contribution in [-0.4, -0.2) is 35.4 Å². The average Bonchev–Trinajstić information content (AvgIpc) is 3.49. The molecule has 0 saturated carbocycles. The van der Waals surface area contributed by atoms with Crippen molar-refractivity contribution in [3.8, 4) is 17.1 Å². The lowest BCUT2D eigenvalue weighted by molar-refractivity contribution is 0.268. The number of thiocarbonyl (C=S) groups is 1. The van der Waals surface area contributed by atoms with Gasteiger partial charge in [0.2, 0.25) is 5.82 Å². The Labute approximate surface area is 194 Å². The molecule has 0 unspecified atom stereocenters. The molecule has 0 aliphatic carbocycles. The molecule has 1 fully saturated rings. The van der Waals surface area contributed by atoms with Gasteiger partial charge in [0.25, 0.3) is 5.24 Å². The number of aromatic amines is 1. The van der Waals surface area contributed by atoms with Gasteiger partial charge in [0.1, 0.15) is 4.99 Å².